The molecule has 0 unspecified atom stereocenters. The predicted octanol–water partition coefficient (Wildman–Crippen LogP) is 1.70. The summed E-state index contributed by atoms with van der Waals surface area (Å²) in [7, 11) is -4.44. The van der Waals surface area contributed by atoms with Gasteiger partial charge in [-0.2, -0.15) is 0 Å². The second-order valence-electron chi connectivity index (χ2n) is 4.57. The Labute approximate surface area is 120 Å². The van der Waals surface area contributed by atoms with E-state index >= 15 is 0 Å². The number of benzene rings is 1. The number of aromatic nitrogens is 2. The number of nitrogens with zero attached hydrogens (tertiary/aromatic N) is 2. The van der Waals surface area contributed by atoms with E-state index in [9.17, 15) is 14.4 Å². The van der Waals surface area contributed by atoms with Gasteiger partial charge in [-0.05, 0) is 25.1 Å². The van der Waals surface area contributed by atoms with Crippen molar-refractivity contribution in [1.29, 1.82) is 0 Å². The summed E-state index contributed by atoms with van der Waals surface area (Å²) in [6.07, 6.45) is 1.24. The van der Waals surface area contributed by atoms with Gasteiger partial charge in [-0.3, -0.25) is 4.57 Å². The minimum atomic E-state index is -4.44. The molecule has 2 heterocycles. The molecular formula is C13H14N3O4P. The van der Waals surface area contributed by atoms with Crippen molar-refractivity contribution in [2.45, 2.75) is 13.5 Å². The quantitative estimate of drug-likeness (QED) is 0.501. The number of rotatable bonds is 3. The number of imidazole rings is 1. The standard InChI is InChI=1S/C13H14N3O4P/c1-2-16-9-5-3-4-8(14)11(9)15-13(16)12-10(6-7-20-12)21(17,18)19/h3-7H,2,14H2,1H3,(H2,17,18,19). The Morgan fingerprint density at radius 3 is 2.81 bits per heavy atom. The second-order valence-corrected chi connectivity index (χ2v) is 6.14. The number of anilines is 1. The predicted molar refractivity (Wildman–Crippen MR) is 79.2 cm³/mol. The van der Waals surface area contributed by atoms with Crippen molar-refractivity contribution in [2.24, 2.45) is 0 Å². The number of furan rings is 1. The summed E-state index contributed by atoms with van der Waals surface area (Å²) >= 11 is 0. The van der Waals surface area contributed by atoms with Crippen molar-refractivity contribution in [1.82, 2.24) is 9.55 Å². The molecule has 0 aliphatic heterocycles. The van der Waals surface area contributed by atoms with Crippen LogP contribution in [0.5, 0.6) is 0 Å². The first-order valence-corrected chi connectivity index (χ1v) is 7.93. The molecule has 0 amide bonds. The number of nitrogen functional groups attached to an aromatic ring is 1. The van der Waals surface area contributed by atoms with Crippen molar-refractivity contribution >= 4 is 29.6 Å². The molecule has 1 aromatic carbocycles. The maximum absolute atomic E-state index is 11.5. The van der Waals surface area contributed by atoms with Crippen molar-refractivity contribution in [2.75, 3.05) is 5.73 Å². The first kappa shape index (κ1) is 13.9. The highest BCUT2D eigenvalue weighted by Gasteiger charge is 2.28. The first-order valence-electron chi connectivity index (χ1n) is 6.32. The summed E-state index contributed by atoms with van der Waals surface area (Å²) in [6, 6.07) is 6.65. The maximum Gasteiger partial charge on any atom is 0.360 e. The van der Waals surface area contributed by atoms with Crippen molar-refractivity contribution < 1.29 is 18.8 Å². The SMILES string of the molecule is CCn1c(-c2occc2P(=O)(O)O)nc2c(N)cccc21. The molecule has 0 bridgehead atoms. The van der Waals surface area contributed by atoms with Crippen LogP contribution in [0.1, 0.15) is 6.92 Å². The maximum atomic E-state index is 11.5. The number of fused-ring (bicyclic) bond motifs is 1. The Bertz CT molecular complexity index is 862. The Hall–Kier alpha value is -2.08. The molecule has 7 nitrogen and oxygen atoms in total. The Balaban J connectivity index is 2.34. The van der Waals surface area contributed by atoms with Gasteiger partial charge in [0.25, 0.3) is 0 Å². The summed E-state index contributed by atoms with van der Waals surface area (Å²) in [5.74, 6) is 0.425. The lowest BCUT2D eigenvalue weighted by molar-refractivity contribution is 0.387. The second kappa shape index (κ2) is 4.73. The molecule has 0 saturated heterocycles. The average Bonchev–Trinajstić information content (AvgIpc) is 3.02. The molecule has 110 valence electrons. The first-order chi connectivity index (χ1) is 9.93. The fourth-order valence-electron chi connectivity index (χ4n) is 2.36. The molecule has 3 rings (SSSR count). The molecule has 0 fully saturated rings. The van der Waals surface area contributed by atoms with Crippen LogP contribution >= 0.6 is 7.60 Å². The largest absolute Gasteiger partial charge is 0.460 e. The lowest BCUT2D eigenvalue weighted by atomic mass is 10.3. The van der Waals surface area contributed by atoms with Crippen LogP contribution in [0.4, 0.5) is 5.69 Å². The Kier molecular flexibility index (Phi) is 3.13. The van der Waals surface area contributed by atoms with Crippen LogP contribution in [-0.4, -0.2) is 19.3 Å². The molecule has 2 aromatic heterocycles. The molecule has 0 aliphatic rings. The van der Waals surface area contributed by atoms with E-state index in [1.54, 1.807) is 12.1 Å². The zero-order valence-corrected chi connectivity index (χ0v) is 12.1. The highest BCUT2D eigenvalue weighted by atomic mass is 31.2. The van der Waals surface area contributed by atoms with Gasteiger partial charge in [0.1, 0.15) is 10.8 Å². The highest BCUT2D eigenvalue weighted by Crippen LogP contribution is 2.39. The van der Waals surface area contributed by atoms with E-state index < -0.39 is 7.60 Å². The van der Waals surface area contributed by atoms with Crippen molar-refractivity contribution in [3.63, 3.8) is 0 Å². The van der Waals surface area contributed by atoms with Crippen LogP contribution in [0.25, 0.3) is 22.6 Å². The molecule has 0 saturated carbocycles. The third-order valence-corrected chi connectivity index (χ3v) is 4.27. The zero-order chi connectivity index (χ0) is 15.2. The monoisotopic (exact) mass is 307 g/mol. The molecule has 0 radical (unpaired) electrons. The molecule has 0 spiro atoms. The third kappa shape index (κ3) is 2.15. The third-order valence-electron chi connectivity index (χ3n) is 3.29. The van der Waals surface area contributed by atoms with Gasteiger partial charge in [-0.15, -0.1) is 0 Å². The average molecular weight is 307 g/mol. The fourth-order valence-corrected chi connectivity index (χ4v) is 3.03. The molecule has 3 aromatic rings. The van der Waals surface area contributed by atoms with Gasteiger partial charge in [0.15, 0.2) is 11.6 Å². The van der Waals surface area contributed by atoms with Crippen LogP contribution in [0.15, 0.2) is 34.9 Å². The van der Waals surface area contributed by atoms with Crippen molar-refractivity contribution in [3.8, 4) is 11.6 Å². The van der Waals surface area contributed by atoms with Gasteiger partial charge in [-0.1, -0.05) is 6.07 Å². The summed E-state index contributed by atoms with van der Waals surface area (Å²) in [4.78, 5) is 23.2. The molecule has 4 N–H and O–H groups in total. The van der Waals surface area contributed by atoms with E-state index in [4.69, 9.17) is 10.2 Å². The van der Waals surface area contributed by atoms with Crippen LogP contribution in [0, 0.1) is 0 Å². The highest BCUT2D eigenvalue weighted by molar-refractivity contribution is 7.60. The number of nitrogens with two attached hydrogens (primary N) is 1. The van der Waals surface area contributed by atoms with Gasteiger partial charge < -0.3 is 24.5 Å². The normalized spacial score (nSPS) is 12.1. The smallest absolute Gasteiger partial charge is 0.360 e. The Morgan fingerprint density at radius 1 is 1.38 bits per heavy atom. The van der Waals surface area contributed by atoms with Gasteiger partial charge >= 0.3 is 7.60 Å². The zero-order valence-electron chi connectivity index (χ0n) is 11.2. The van der Waals surface area contributed by atoms with Gasteiger partial charge in [-0.25, -0.2) is 4.98 Å². The van der Waals surface area contributed by atoms with Crippen LogP contribution in [0.2, 0.25) is 0 Å². The van der Waals surface area contributed by atoms with E-state index in [2.05, 4.69) is 4.98 Å². The van der Waals surface area contributed by atoms with Crippen molar-refractivity contribution in [3.05, 3.63) is 30.5 Å². The number of para-hydroxylation sites is 1. The molecule has 0 atom stereocenters. The summed E-state index contributed by atoms with van der Waals surface area (Å²) in [6.45, 7) is 2.48. The van der Waals surface area contributed by atoms with E-state index in [0.29, 0.717) is 23.6 Å². The Morgan fingerprint density at radius 2 is 2.14 bits per heavy atom. The van der Waals surface area contributed by atoms with Gasteiger partial charge in [0.2, 0.25) is 0 Å². The minimum absolute atomic E-state index is 0.0702. The molecule has 0 aliphatic carbocycles. The van der Waals surface area contributed by atoms with Crippen LogP contribution in [0.3, 0.4) is 0 Å². The molecular weight excluding hydrogens is 293 g/mol. The summed E-state index contributed by atoms with van der Waals surface area (Å²) in [5, 5.41) is -0.175. The lowest BCUT2D eigenvalue weighted by Gasteiger charge is -2.07. The lowest BCUT2D eigenvalue weighted by Crippen LogP contribution is -2.07. The summed E-state index contributed by atoms with van der Waals surface area (Å²) < 4.78 is 18.6. The van der Waals surface area contributed by atoms with Gasteiger partial charge in [0.05, 0.1) is 17.5 Å². The van der Waals surface area contributed by atoms with E-state index in [0.717, 1.165) is 5.52 Å². The number of aryl methyl sites for hydroxylation is 1. The van der Waals surface area contributed by atoms with E-state index in [1.165, 1.54) is 12.3 Å². The minimum Gasteiger partial charge on any atom is -0.460 e. The van der Waals surface area contributed by atoms with E-state index in [-0.39, 0.29) is 11.1 Å². The molecule has 21 heavy (non-hydrogen) atoms. The number of hydrogen-bond donors (Lipinski definition) is 3. The summed E-state index contributed by atoms with van der Waals surface area (Å²) in [5.41, 5.74) is 7.79. The van der Waals surface area contributed by atoms with Crippen LogP contribution < -0.4 is 11.0 Å². The topological polar surface area (TPSA) is 115 Å². The van der Waals surface area contributed by atoms with E-state index in [1.807, 2.05) is 17.6 Å². The van der Waals surface area contributed by atoms with Crippen LogP contribution in [-0.2, 0) is 11.1 Å². The van der Waals surface area contributed by atoms with Gasteiger partial charge in [0, 0.05) is 6.54 Å². The number of hydrogen-bond acceptors (Lipinski definition) is 4. The molecule has 8 heteroatoms. The fraction of sp³-hybridized carbons (Fsp3) is 0.154.